The van der Waals surface area contributed by atoms with Crippen molar-refractivity contribution in [3.05, 3.63) is 79.9 Å². The smallest absolute Gasteiger partial charge is 0.410 e. The monoisotopic (exact) mass is 730 g/mol. The summed E-state index contributed by atoms with van der Waals surface area (Å²) in [5.74, 6) is -0.711. The lowest BCUT2D eigenvalue weighted by molar-refractivity contribution is -0.385. The summed E-state index contributed by atoms with van der Waals surface area (Å²) in [5.41, 5.74) is 0.898. The molecule has 0 bridgehead atoms. The van der Waals surface area contributed by atoms with Crippen molar-refractivity contribution in [2.24, 2.45) is 5.92 Å². The van der Waals surface area contributed by atoms with Gasteiger partial charge in [0.1, 0.15) is 19.3 Å². The number of benzene rings is 2. The summed E-state index contributed by atoms with van der Waals surface area (Å²) in [7, 11) is 0. The molecule has 2 aliphatic heterocycles. The summed E-state index contributed by atoms with van der Waals surface area (Å²) in [5, 5.41) is 37.9. The predicted octanol–water partition coefficient (Wildman–Crippen LogP) is 3.32. The Morgan fingerprint density at radius 1 is 0.941 bits per heavy atom. The Morgan fingerprint density at radius 3 is 2.06 bits per heavy atom. The Morgan fingerprint density at radius 2 is 1.51 bits per heavy atom. The van der Waals surface area contributed by atoms with Gasteiger partial charge in [-0.2, -0.15) is 12.6 Å². The molecule has 2 aliphatic rings. The first kappa shape index (κ1) is 38.8. The van der Waals surface area contributed by atoms with Gasteiger partial charge < -0.3 is 30.1 Å². The molecule has 0 unspecified atom stereocenters. The average molecular weight is 731 g/mol. The third kappa shape index (κ3) is 11.3. The number of hydrogen-bond donors (Lipinski definition) is 4. The highest BCUT2D eigenvalue weighted by Gasteiger charge is 2.42. The Balaban J connectivity index is 1.24. The second-order valence-corrected chi connectivity index (χ2v) is 13.8. The van der Waals surface area contributed by atoms with Crippen molar-refractivity contribution < 1.29 is 43.6 Å². The fourth-order valence-electron chi connectivity index (χ4n) is 5.98. The molecule has 0 aliphatic carbocycles. The van der Waals surface area contributed by atoms with Crippen LogP contribution in [-0.2, 0) is 32.3 Å². The first-order valence-corrected chi connectivity index (χ1v) is 17.0. The molecule has 5 atom stereocenters. The molecule has 276 valence electrons. The molecule has 4 rings (SSSR count). The van der Waals surface area contributed by atoms with Crippen molar-refractivity contribution in [3.8, 4) is 0 Å². The molecule has 3 N–H and O–H groups in total. The molecule has 2 saturated heterocycles. The number of rotatable bonds is 14. The van der Waals surface area contributed by atoms with E-state index in [0.717, 1.165) is 0 Å². The number of carbonyl (C=O) groups excluding carboxylic acids is 4. The second-order valence-electron chi connectivity index (χ2n) is 13.0. The van der Waals surface area contributed by atoms with Gasteiger partial charge in [-0.05, 0) is 60.6 Å². The van der Waals surface area contributed by atoms with Crippen LogP contribution in [-0.4, -0.2) is 97.9 Å². The van der Waals surface area contributed by atoms with Crippen LogP contribution in [0.3, 0.4) is 0 Å². The Bertz CT molecular complexity index is 1580. The first-order valence-electron chi connectivity index (χ1n) is 16.5. The zero-order valence-corrected chi connectivity index (χ0v) is 29.1. The number of carbonyl (C=O) groups is 4. The van der Waals surface area contributed by atoms with E-state index in [4.69, 9.17) is 9.47 Å². The largest absolute Gasteiger partial charge is 0.445 e. The topological polar surface area (TPSA) is 224 Å². The molecule has 51 heavy (non-hydrogen) atoms. The van der Waals surface area contributed by atoms with Gasteiger partial charge in [0.05, 0.1) is 28.4 Å². The van der Waals surface area contributed by atoms with Gasteiger partial charge in [-0.3, -0.25) is 34.7 Å². The van der Waals surface area contributed by atoms with Crippen molar-refractivity contribution in [1.29, 1.82) is 0 Å². The minimum absolute atomic E-state index is 0.0590. The number of ether oxygens (including phenoxy) is 2. The number of likely N-dealkylation sites (tertiary alicyclic amines) is 2. The number of alkyl carbamates (subject to hydrolysis) is 1. The van der Waals surface area contributed by atoms with Crippen molar-refractivity contribution >= 4 is 48.0 Å². The number of thiol groups is 1. The molecule has 17 nitrogen and oxygen atoms in total. The van der Waals surface area contributed by atoms with Gasteiger partial charge >= 0.3 is 12.2 Å². The summed E-state index contributed by atoms with van der Waals surface area (Å²) in [4.78, 5) is 75.5. The molecule has 2 aromatic carbocycles. The van der Waals surface area contributed by atoms with Crippen LogP contribution in [0.2, 0.25) is 0 Å². The van der Waals surface area contributed by atoms with E-state index in [1.54, 1.807) is 4.90 Å². The molecule has 2 fully saturated rings. The van der Waals surface area contributed by atoms with E-state index in [2.05, 4.69) is 23.3 Å². The van der Waals surface area contributed by atoms with Crippen molar-refractivity contribution in [1.82, 2.24) is 20.4 Å². The Labute approximate surface area is 299 Å². The number of aliphatic hydroxyl groups is 1. The fraction of sp³-hybridized carbons (Fsp3) is 0.515. The maximum absolute atomic E-state index is 13.5. The maximum Gasteiger partial charge on any atom is 0.410 e. The van der Waals surface area contributed by atoms with Gasteiger partial charge in [0.25, 0.3) is 11.4 Å². The number of nitrogens with one attached hydrogen (secondary N) is 2. The van der Waals surface area contributed by atoms with Gasteiger partial charge in [0.15, 0.2) is 0 Å². The van der Waals surface area contributed by atoms with E-state index in [0.29, 0.717) is 36.9 Å². The molecular weight excluding hydrogens is 688 g/mol. The molecule has 0 radical (unpaired) electrons. The summed E-state index contributed by atoms with van der Waals surface area (Å²) < 4.78 is 10.6. The SMILES string of the molecule is CC(C)C[C@H](NC(=O)OCc1ccc([N+](=O)[O-])cc1)[C@@H](O)CC(=O)N[C@H]1CCN(C(=O)[C@@H]2C[C@H](S)CN2C(=O)OCc2ccc([N+](=O)[O-])cc2)C1. The van der Waals surface area contributed by atoms with Gasteiger partial charge in [0.2, 0.25) is 11.8 Å². The summed E-state index contributed by atoms with van der Waals surface area (Å²) >= 11 is 4.48. The van der Waals surface area contributed by atoms with Crippen LogP contribution >= 0.6 is 12.6 Å². The number of amides is 4. The van der Waals surface area contributed by atoms with Crippen molar-refractivity contribution in [3.63, 3.8) is 0 Å². The average Bonchev–Trinajstić information content (AvgIpc) is 3.72. The highest BCUT2D eigenvalue weighted by atomic mass is 32.1. The highest BCUT2D eigenvalue weighted by molar-refractivity contribution is 7.81. The summed E-state index contributed by atoms with van der Waals surface area (Å²) in [6.07, 6.45) is -1.96. The number of non-ortho nitro benzene ring substituents is 2. The van der Waals surface area contributed by atoms with Crippen LogP contribution in [0.1, 0.15) is 50.7 Å². The Kier molecular flexibility index (Phi) is 13.6. The van der Waals surface area contributed by atoms with Crippen LogP contribution in [0, 0.1) is 26.1 Å². The van der Waals surface area contributed by atoms with Crippen LogP contribution in [0.25, 0.3) is 0 Å². The predicted molar refractivity (Wildman–Crippen MR) is 185 cm³/mol. The number of aliphatic hydroxyl groups excluding tert-OH is 1. The number of hydrogen-bond acceptors (Lipinski definition) is 12. The van der Waals surface area contributed by atoms with E-state index < -0.39 is 52.2 Å². The second kappa shape index (κ2) is 17.8. The van der Waals surface area contributed by atoms with Gasteiger partial charge in [-0.1, -0.05) is 13.8 Å². The van der Waals surface area contributed by atoms with Gasteiger partial charge in [0, 0.05) is 55.2 Å². The van der Waals surface area contributed by atoms with Crippen LogP contribution < -0.4 is 10.6 Å². The fourth-order valence-corrected chi connectivity index (χ4v) is 6.35. The van der Waals surface area contributed by atoms with Crippen molar-refractivity contribution in [2.75, 3.05) is 19.6 Å². The summed E-state index contributed by atoms with van der Waals surface area (Å²) in [6, 6.07) is 9.11. The highest BCUT2D eigenvalue weighted by Crippen LogP contribution is 2.26. The van der Waals surface area contributed by atoms with E-state index in [1.165, 1.54) is 53.4 Å². The van der Waals surface area contributed by atoms with Gasteiger partial charge in [-0.25, -0.2) is 9.59 Å². The Hall–Kier alpha value is -4.97. The first-order chi connectivity index (χ1) is 24.2. The van der Waals surface area contributed by atoms with E-state index >= 15 is 0 Å². The minimum Gasteiger partial charge on any atom is -0.445 e. The lowest BCUT2D eigenvalue weighted by Crippen LogP contribution is -2.49. The molecular formula is C33H42N6O11S. The normalized spacial score (nSPS) is 19.7. The van der Waals surface area contributed by atoms with E-state index in [9.17, 15) is 44.5 Å². The zero-order valence-electron chi connectivity index (χ0n) is 28.2. The van der Waals surface area contributed by atoms with Crippen molar-refractivity contribution in [2.45, 2.75) is 82.2 Å². The van der Waals surface area contributed by atoms with E-state index in [1.807, 2.05) is 13.8 Å². The third-order valence-corrected chi connectivity index (χ3v) is 8.95. The number of nitrogens with zero attached hydrogens (tertiary/aromatic N) is 4. The van der Waals surface area contributed by atoms with Crippen LogP contribution in [0.15, 0.2) is 48.5 Å². The summed E-state index contributed by atoms with van der Waals surface area (Å²) in [6.45, 7) is 4.24. The lowest BCUT2D eigenvalue weighted by Gasteiger charge is -2.27. The maximum atomic E-state index is 13.5. The number of nitro benzene ring substituents is 2. The minimum atomic E-state index is -1.24. The standard InChI is InChI=1S/C33H42N6O11S/c1-20(2)13-27(35-32(43)49-18-21-3-7-24(8-4-21)38(45)46)29(40)15-30(41)34-23-11-12-36(16-23)31(42)28-14-26(51)17-37(28)33(44)50-19-22-5-9-25(10-6-22)39(47)48/h3-10,20,23,26-29,40,51H,11-19H2,1-2H3,(H,34,41)(H,35,43)/t23-,26-,27-,28-,29-/m0/s1. The molecule has 0 aromatic heterocycles. The third-order valence-electron chi connectivity index (χ3n) is 8.58. The molecule has 0 saturated carbocycles. The quantitative estimate of drug-likeness (QED) is 0.125. The van der Waals surface area contributed by atoms with E-state index in [-0.39, 0.29) is 61.2 Å². The molecule has 0 spiro atoms. The van der Waals surface area contributed by atoms with Gasteiger partial charge in [-0.15, -0.1) is 0 Å². The molecule has 4 amide bonds. The molecule has 18 heteroatoms. The van der Waals surface area contributed by atoms with Crippen LogP contribution in [0.5, 0.6) is 0 Å². The lowest BCUT2D eigenvalue weighted by atomic mass is 9.97. The molecule has 2 heterocycles. The van der Waals surface area contributed by atoms with Crippen LogP contribution in [0.4, 0.5) is 21.0 Å². The molecule has 2 aromatic rings. The number of nitro groups is 2. The zero-order chi connectivity index (χ0) is 37.2.